The van der Waals surface area contributed by atoms with Crippen molar-refractivity contribution < 1.29 is 4.79 Å². The van der Waals surface area contributed by atoms with Gasteiger partial charge in [-0.2, -0.15) is 0 Å². The Labute approximate surface area is 150 Å². The predicted octanol–water partition coefficient (Wildman–Crippen LogP) is 2.12. The molecule has 1 fully saturated rings. The lowest BCUT2D eigenvalue weighted by Crippen LogP contribution is -2.44. The summed E-state index contributed by atoms with van der Waals surface area (Å²) >= 11 is 0. The van der Waals surface area contributed by atoms with Gasteiger partial charge in [0.1, 0.15) is 0 Å². The topological polar surface area (TPSA) is 49.3 Å². The number of rotatable bonds is 6. The summed E-state index contributed by atoms with van der Waals surface area (Å²) in [5.41, 5.74) is 3.93. The van der Waals surface area contributed by atoms with Crippen LogP contribution in [0, 0.1) is 13.8 Å². The van der Waals surface area contributed by atoms with Crippen LogP contribution in [0.25, 0.3) is 5.69 Å². The molecule has 134 valence electrons. The van der Waals surface area contributed by atoms with Gasteiger partial charge in [0.15, 0.2) is 0 Å². The first-order valence-electron chi connectivity index (χ1n) is 9.12. The van der Waals surface area contributed by atoms with E-state index in [2.05, 4.69) is 32.2 Å². The molecule has 2 aromatic rings. The Morgan fingerprint density at radius 3 is 2.60 bits per heavy atom. The minimum absolute atomic E-state index is 0.0237. The van der Waals surface area contributed by atoms with Gasteiger partial charge in [-0.1, -0.05) is 18.2 Å². The number of amides is 1. The highest BCUT2D eigenvalue weighted by Crippen LogP contribution is 2.20. The fourth-order valence-corrected chi connectivity index (χ4v) is 3.50. The molecule has 1 aliphatic heterocycles. The van der Waals surface area contributed by atoms with E-state index in [0.717, 1.165) is 68.3 Å². The fourth-order valence-electron chi connectivity index (χ4n) is 3.50. The fraction of sp³-hybridized carbons (Fsp3) is 0.450. The van der Waals surface area contributed by atoms with Gasteiger partial charge in [0.05, 0.1) is 5.56 Å². The summed E-state index contributed by atoms with van der Waals surface area (Å²) in [6.45, 7) is 10.2. The molecule has 0 atom stereocenters. The van der Waals surface area contributed by atoms with Crippen LogP contribution in [0.3, 0.4) is 0 Å². The second-order valence-corrected chi connectivity index (χ2v) is 6.66. The zero-order valence-electron chi connectivity index (χ0n) is 15.2. The van der Waals surface area contributed by atoms with Crippen molar-refractivity contribution in [3.63, 3.8) is 0 Å². The molecule has 2 N–H and O–H groups in total. The normalized spacial score (nSPS) is 15.3. The van der Waals surface area contributed by atoms with Crippen molar-refractivity contribution >= 4 is 5.91 Å². The molecule has 0 radical (unpaired) electrons. The molecular formula is C20H28N4O. The molecule has 0 aliphatic carbocycles. The predicted molar refractivity (Wildman–Crippen MR) is 102 cm³/mol. The number of para-hydroxylation sites is 1. The zero-order valence-corrected chi connectivity index (χ0v) is 15.2. The van der Waals surface area contributed by atoms with Gasteiger partial charge in [0, 0.05) is 49.8 Å². The molecular weight excluding hydrogens is 312 g/mol. The van der Waals surface area contributed by atoms with Crippen LogP contribution in [0.15, 0.2) is 36.4 Å². The van der Waals surface area contributed by atoms with E-state index in [9.17, 15) is 4.79 Å². The van der Waals surface area contributed by atoms with Crippen molar-refractivity contribution in [2.45, 2.75) is 20.3 Å². The molecule has 1 saturated heterocycles. The maximum atomic E-state index is 12.6. The Balaban J connectivity index is 1.57. The molecule has 1 amide bonds. The number of aryl methyl sites for hydroxylation is 1. The Hall–Kier alpha value is -2.11. The average molecular weight is 340 g/mol. The number of nitrogens with zero attached hydrogens (tertiary/aromatic N) is 2. The van der Waals surface area contributed by atoms with Gasteiger partial charge in [0.25, 0.3) is 5.91 Å². The summed E-state index contributed by atoms with van der Waals surface area (Å²) in [6.07, 6.45) is 0.989. The first kappa shape index (κ1) is 17.7. The molecule has 1 aliphatic rings. The van der Waals surface area contributed by atoms with Crippen molar-refractivity contribution in [3.8, 4) is 5.69 Å². The number of nitrogens with one attached hydrogen (secondary N) is 2. The molecule has 2 heterocycles. The number of benzene rings is 1. The van der Waals surface area contributed by atoms with Crippen LogP contribution in [0.4, 0.5) is 0 Å². The van der Waals surface area contributed by atoms with Crippen molar-refractivity contribution in [2.24, 2.45) is 0 Å². The van der Waals surface area contributed by atoms with Crippen LogP contribution in [-0.4, -0.2) is 54.6 Å². The summed E-state index contributed by atoms with van der Waals surface area (Å²) in [4.78, 5) is 15.0. The maximum Gasteiger partial charge on any atom is 0.253 e. The standard InChI is InChI=1S/C20H28N4O/c1-16-15-19(17(2)24(16)18-7-4-3-5-8-18)20(25)22-9-6-12-23-13-10-21-11-14-23/h3-5,7-8,15,21H,6,9-14H2,1-2H3,(H,22,25). The lowest BCUT2D eigenvalue weighted by atomic mass is 10.2. The monoisotopic (exact) mass is 340 g/mol. The van der Waals surface area contributed by atoms with Gasteiger partial charge in [-0.15, -0.1) is 0 Å². The molecule has 25 heavy (non-hydrogen) atoms. The molecule has 5 nitrogen and oxygen atoms in total. The highest BCUT2D eigenvalue weighted by atomic mass is 16.1. The third kappa shape index (κ3) is 4.30. The summed E-state index contributed by atoms with van der Waals surface area (Å²) in [5, 5.41) is 6.44. The zero-order chi connectivity index (χ0) is 17.6. The van der Waals surface area contributed by atoms with Gasteiger partial charge in [-0.25, -0.2) is 0 Å². The largest absolute Gasteiger partial charge is 0.352 e. The highest BCUT2D eigenvalue weighted by Gasteiger charge is 2.16. The van der Waals surface area contributed by atoms with Crippen LogP contribution < -0.4 is 10.6 Å². The van der Waals surface area contributed by atoms with Crippen LogP contribution in [0.5, 0.6) is 0 Å². The number of hydrogen-bond donors (Lipinski definition) is 2. The third-order valence-corrected chi connectivity index (χ3v) is 4.84. The molecule has 0 saturated carbocycles. The minimum atomic E-state index is 0.0237. The SMILES string of the molecule is Cc1cc(C(=O)NCCCN2CCNCC2)c(C)n1-c1ccccc1. The molecule has 3 rings (SSSR count). The molecule has 5 heteroatoms. The van der Waals surface area contributed by atoms with Gasteiger partial charge in [-0.3, -0.25) is 4.79 Å². The van der Waals surface area contributed by atoms with E-state index in [1.165, 1.54) is 0 Å². The number of carbonyl (C=O) groups excluding carboxylic acids is 1. The Morgan fingerprint density at radius 1 is 1.16 bits per heavy atom. The first-order valence-corrected chi connectivity index (χ1v) is 9.12. The van der Waals surface area contributed by atoms with Gasteiger partial charge < -0.3 is 20.1 Å². The Morgan fingerprint density at radius 2 is 1.88 bits per heavy atom. The van der Waals surface area contributed by atoms with E-state index in [4.69, 9.17) is 0 Å². The van der Waals surface area contributed by atoms with Crippen molar-refractivity contribution in [3.05, 3.63) is 53.3 Å². The number of carbonyl (C=O) groups is 1. The van der Waals surface area contributed by atoms with Gasteiger partial charge in [-0.05, 0) is 45.0 Å². The quantitative estimate of drug-likeness (QED) is 0.792. The van der Waals surface area contributed by atoms with E-state index < -0.39 is 0 Å². The Bertz CT molecular complexity index is 702. The minimum Gasteiger partial charge on any atom is -0.352 e. The van der Waals surface area contributed by atoms with Gasteiger partial charge in [0.2, 0.25) is 0 Å². The average Bonchev–Trinajstić information content (AvgIpc) is 2.94. The number of hydrogen-bond acceptors (Lipinski definition) is 3. The van der Waals surface area contributed by atoms with Crippen LogP contribution >= 0.6 is 0 Å². The van der Waals surface area contributed by atoms with Crippen LogP contribution in [0.1, 0.15) is 28.2 Å². The van der Waals surface area contributed by atoms with E-state index in [-0.39, 0.29) is 5.91 Å². The summed E-state index contributed by atoms with van der Waals surface area (Å²) in [5.74, 6) is 0.0237. The molecule has 0 spiro atoms. The molecule has 1 aromatic carbocycles. The lowest BCUT2D eigenvalue weighted by Gasteiger charge is -2.27. The van der Waals surface area contributed by atoms with Crippen molar-refractivity contribution in [2.75, 3.05) is 39.3 Å². The van der Waals surface area contributed by atoms with Crippen molar-refractivity contribution in [1.82, 2.24) is 20.1 Å². The molecule has 0 bridgehead atoms. The summed E-state index contributed by atoms with van der Waals surface area (Å²) < 4.78 is 2.13. The molecule has 0 unspecified atom stereocenters. The van der Waals surface area contributed by atoms with Gasteiger partial charge >= 0.3 is 0 Å². The van der Waals surface area contributed by atoms with E-state index >= 15 is 0 Å². The van der Waals surface area contributed by atoms with Crippen molar-refractivity contribution in [1.29, 1.82) is 0 Å². The van der Waals surface area contributed by atoms with Crippen LogP contribution in [-0.2, 0) is 0 Å². The summed E-state index contributed by atoms with van der Waals surface area (Å²) in [7, 11) is 0. The van der Waals surface area contributed by atoms with E-state index in [1.54, 1.807) is 0 Å². The van der Waals surface area contributed by atoms with Crippen LogP contribution in [0.2, 0.25) is 0 Å². The second-order valence-electron chi connectivity index (χ2n) is 6.66. The highest BCUT2D eigenvalue weighted by molar-refractivity contribution is 5.95. The smallest absolute Gasteiger partial charge is 0.253 e. The lowest BCUT2D eigenvalue weighted by molar-refractivity contribution is 0.0950. The van der Waals surface area contributed by atoms with E-state index in [0.29, 0.717) is 0 Å². The second kappa shape index (κ2) is 8.32. The molecule has 1 aromatic heterocycles. The summed E-state index contributed by atoms with van der Waals surface area (Å²) in [6, 6.07) is 12.1. The third-order valence-electron chi connectivity index (χ3n) is 4.84. The number of piperazine rings is 1. The first-order chi connectivity index (χ1) is 12.2. The Kier molecular flexibility index (Phi) is 5.89. The number of aromatic nitrogens is 1. The van der Waals surface area contributed by atoms with E-state index in [1.807, 2.05) is 38.1 Å². The maximum absolute atomic E-state index is 12.6.